The standard InChI is InChI=1S/C8H15N.C7H13N.C6H10.CH4.6V/c1-9-4-2-3-7-5-8(7)6-9;1-8-3-2-6-4-7(6)5-8;1-2-5-4-6(5)3-1;;;;;;;/h7-8H,2-6H2,1H3;6-7H,2-5H2,1H3;5-6H,1-4H2;1H4;;;;;;. The molecule has 0 N–H and O–H groups in total. The summed E-state index contributed by atoms with van der Waals surface area (Å²) in [6.45, 7) is 5.45. The predicted molar refractivity (Wildman–Crippen MR) is 104 cm³/mol. The van der Waals surface area contributed by atoms with Gasteiger partial charge in [-0.1, -0.05) is 26.7 Å². The minimum atomic E-state index is 0. The summed E-state index contributed by atoms with van der Waals surface area (Å²) in [5.74, 6) is 6.90. The summed E-state index contributed by atoms with van der Waals surface area (Å²) in [6, 6.07) is 0. The van der Waals surface area contributed by atoms with Crippen LogP contribution in [-0.2, 0) is 111 Å². The van der Waals surface area contributed by atoms with Gasteiger partial charge in [0.25, 0.3) is 0 Å². The number of hydrogen-bond acceptors (Lipinski definition) is 2. The van der Waals surface area contributed by atoms with Crippen LogP contribution in [0.5, 0.6) is 0 Å². The van der Waals surface area contributed by atoms with E-state index in [1.807, 2.05) is 0 Å². The van der Waals surface area contributed by atoms with Crippen molar-refractivity contribution in [3.63, 3.8) is 0 Å². The van der Waals surface area contributed by atoms with Crippen LogP contribution in [0, 0.1) is 35.5 Å². The maximum Gasteiger partial charge on any atom is 0.000937 e. The van der Waals surface area contributed by atoms with Gasteiger partial charge in [0.15, 0.2) is 0 Å². The first-order chi connectivity index (χ1) is 11.2. The van der Waals surface area contributed by atoms with Gasteiger partial charge >= 0.3 is 0 Å². The molecule has 6 radical (unpaired) electrons. The third kappa shape index (κ3) is 13.5. The second-order valence-corrected chi connectivity index (χ2v) is 9.65. The van der Waals surface area contributed by atoms with Crippen molar-refractivity contribution >= 4 is 0 Å². The summed E-state index contributed by atoms with van der Waals surface area (Å²) in [6.07, 6.45) is 13.7. The van der Waals surface area contributed by atoms with E-state index in [-0.39, 0.29) is 119 Å². The van der Waals surface area contributed by atoms with Gasteiger partial charge in [-0.05, 0) is 101 Å². The Morgan fingerprint density at radius 3 is 1.27 bits per heavy atom. The normalized spacial score (nSPS) is 35.8. The van der Waals surface area contributed by atoms with Crippen LogP contribution in [-0.4, -0.2) is 50.1 Å². The molecule has 0 spiro atoms. The minimum absolute atomic E-state index is 0. The van der Waals surface area contributed by atoms with Gasteiger partial charge in [-0.15, -0.1) is 0 Å². The maximum atomic E-state index is 2.48. The monoisotopic (exact) mass is 640 g/mol. The molecule has 6 atom stereocenters. The first kappa shape index (κ1) is 40.6. The van der Waals surface area contributed by atoms with Crippen LogP contribution < -0.4 is 0 Å². The van der Waals surface area contributed by atoms with Crippen LogP contribution in [0.2, 0.25) is 0 Å². The van der Waals surface area contributed by atoms with Crippen molar-refractivity contribution in [2.24, 2.45) is 35.5 Å². The molecule has 4 aliphatic carbocycles. The van der Waals surface area contributed by atoms with Gasteiger partial charge in [0.2, 0.25) is 0 Å². The van der Waals surface area contributed by atoms with Crippen LogP contribution in [0.1, 0.15) is 65.2 Å². The summed E-state index contributed by atoms with van der Waals surface area (Å²) in [5.41, 5.74) is 0. The molecule has 6 rings (SSSR count). The number of piperidine rings is 1. The van der Waals surface area contributed by atoms with Crippen molar-refractivity contribution in [1.82, 2.24) is 9.80 Å². The van der Waals surface area contributed by atoms with E-state index in [1.54, 1.807) is 19.3 Å². The molecule has 4 saturated carbocycles. The molecule has 2 aliphatic heterocycles. The third-order valence-electron chi connectivity index (χ3n) is 7.45. The number of likely N-dealkylation sites (tertiary alicyclic amines) is 2. The Kier molecular flexibility index (Phi) is 26.5. The van der Waals surface area contributed by atoms with Crippen molar-refractivity contribution in [2.75, 3.05) is 40.3 Å². The zero-order valence-corrected chi connectivity index (χ0v) is 26.6. The molecule has 0 amide bonds. The average molecular weight is 640 g/mol. The summed E-state index contributed by atoms with van der Waals surface area (Å²) >= 11 is 0. The van der Waals surface area contributed by atoms with E-state index in [2.05, 4.69) is 23.9 Å². The summed E-state index contributed by atoms with van der Waals surface area (Å²) < 4.78 is 0. The van der Waals surface area contributed by atoms with Gasteiger partial charge in [0.1, 0.15) is 0 Å². The number of nitrogens with zero attached hydrogens (tertiary/aromatic N) is 2. The van der Waals surface area contributed by atoms with Gasteiger partial charge in [-0.3, -0.25) is 0 Å². The Hall–Kier alpha value is 3.43. The van der Waals surface area contributed by atoms with Crippen molar-refractivity contribution < 1.29 is 111 Å². The minimum Gasteiger partial charge on any atom is -0.306 e. The fourth-order valence-electron chi connectivity index (χ4n) is 5.43. The summed E-state index contributed by atoms with van der Waals surface area (Å²) in [7, 11) is 4.48. The predicted octanol–water partition coefficient (Wildman–Crippen LogP) is 4.73. The fourth-order valence-corrected chi connectivity index (χ4v) is 5.43. The molecule has 2 nitrogen and oxygen atoms in total. The molecule has 0 aromatic heterocycles. The molecule has 0 aromatic carbocycles. The molecule has 6 fully saturated rings. The van der Waals surface area contributed by atoms with E-state index in [9.17, 15) is 0 Å². The van der Waals surface area contributed by atoms with Crippen LogP contribution in [0.3, 0.4) is 0 Å². The van der Waals surface area contributed by atoms with Gasteiger partial charge in [0, 0.05) is 124 Å². The number of rotatable bonds is 0. The van der Waals surface area contributed by atoms with Crippen molar-refractivity contribution in [1.29, 1.82) is 0 Å². The van der Waals surface area contributed by atoms with Crippen LogP contribution in [0.25, 0.3) is 0 Å². The van der Waals surface area contributed by atoms with E-state index in [1.165, 1.54) is 76.5 Å². The average Bonchev–Trinajstić information content (AvgIpc) is 3.43. The number of fused-ring (bicyclic) bond motifs is 3. The van der Waals surface area contributed by atoms with Crippen molar-refractivity contribution in [3.8, 4) is 0 Å². The molecule has 2 saturated heterocycles. The molecule has 0 aromatic rings. The second kappa shape index (κ2) is 19.6. The van der Waals surface area contributed by atoms with Gasteiger partial charge < -0.3 is 9.80 Å². The van der Waals surface area contributed by atoms with E-state index < -0.39 is 0 Å². The Bertz CT molecular complexity index is 409. The zero-order valence-electron chi connectivity index (χ0n) is 18.2. The van der Waals surface area contributed by atoms with E-state index in [0.717, 1.165) is 23.7 Å². The Morgan fingerprint density at radius 2 is 0.833 bits per heavy atom. The molecule has 8 heteroatoms. The topological polar surface area (TPSA) is 6.48 Å². The largest absolute Gasteiger partial charge is 0.306 e. The third-order valence-corrected chi connectivity index (χ3v) is 7.45. The molecule has 0 bridgehead atoms. The van der Waals surface area contributed by atoms with Crippen LogP contribution in [0.4, 0.5) is 0 Å². The number of hydrogen-bond donors (Lipinski definition) is 0. The van der Waals surface area contributed by atoms with Gasteiger partial charge in [0.05, 0.1) is 0 Å². The smallest absolute Gasteiger partial charge is 0.000937 e. The summed E-state index contributed by atoms with van der Waals surface area (Å²) in [4.78, 5) is 4.94. The van der Waals surface area contributed by atoms with Crippen LogP contribution in [0.15, 0.2) is 0 Å². The van der Waals surface area contributed by atoms with Crippen LogP contribution >= 0.6 is 0 Å². The molecular weight excluding hydrogens is 598 g/mol. The maximum absolute atomic E-state index is 2.48. The van der Waals surface area contributed by atoms with Crippen molar-refractivity contribution in [3.05, 3.63) is 0 Å². The second-order valence-electron chi connectivity index (χ2n) is 9.65. The van der Waals surface area contributed by atoms with E-state index >= 15 is 0 Å². The molecule has 30 heavy (non-hydrogen) atoms. The fraction of sp³-hybridized carbons (Fsp3) is 1.00. The van der Waals surface area contributed by atoms with Crippen molar-refractivity contribution in [2.45, 2.75) is 65.2 Å². The van der Waals surface area contributed by atoms with Gasteiger partial charge in [-0.25, -0.2) is 0 Å². The molecule has 170 valence electrons. The first-order valence-corrected chi connectivity index (χ1v) is 10.6. The zero-order chi connectivity index (χ0) is 15.8. The Balaban J connectivity index is -0.000000153. The quantitative estimate of drug-likeness (QED) is 0.378. The Morgan fingerprint density at radius 1 is 0.467 bits per heavy atom. The SMILES string of the molecule is C.C1CC2CC2C1.CN1CCC2CC2C1.CN1CCCC2CC2C1.[V].[V].[V].[V].[V].[V]. The molecule has 2 heterocycles. The molecule has 6 aliphatic rings. The molecular formula is C22H42N2V6. The van der Waals surface area contributed by atoms with Gasteiger partial charge in [-0.2, -0.15) is 0 Å². The molecule has 6 unspecified atom stereocenters. The first-order valence-electron chi connectivity index (χ1n) is 10.6. The Labute approximate surface area is 259 Å². The van der Waals surface area contributed by atoms with E-state index in [4.69, 9.17) is 0 Å². The van der Waals surface area contributed by atoms with E-state index in [0.29, 0.717) is 0 Å². The summed E-state index contributed by atoms with van der Waals surface area (Å²) in [5, 5.41) is 0.